The summed E-state index contributed by atoms with van der Waals surface area (Å²) in [5.74, 6) is 0.657. The van der Waals surface area contributed by atoms with Crippen LogP contribution < -0.4 is 5.32 Å². The summed E-state index contributed by atoms with van der Waals surface area (Å²) in [7, 11) is 0. The van der Waals surface area contributed by atoms with Crippen molar-refractivity contribution in [2.24, 2.45) is 0 Å². The second-order valence-electron chi connectivity index (χ2n) is 3.88. The summed E-state index contributed by atoms with van der Waals surface area (Å²) < 4.78 is 1.08. The lowest BCUT2D eigenvalue weighted by Gasteiger charge is -2.23. The van der Waals surface area contributed by atoms with Crippen LogP contribution in [0.25, 0.3) is 0 Å². The fourth-order valence-electron chi connectivity index (χ4n) is 2.07. The van der Waals surface area contributed by atoms with E-state index < -0.39 is 0 Å². The minimum Gasteiger partial charge on any atom is -0.317 e. The summed E-state index contributed by atoms with van der Waals surface area (Å²) in [4.78, 5) is 4.53. The molecule has 1 aromatic rings. The van der Waals surface area contributed by atoms with Crippen LogP contribution in [0.2, 0.25) is 0 Å². The highest BCUT2D eigenvalue weighted by Gasteiger charge is 2.17. The molecular weight excluding hydrogens is 240 g/mol. The highest BCUT2D eigenvalue weighted by Crippen LogP contribution is 2.27. The molecule has 14 heavy (non-hydrogen) atoms. The molecule has 3 heteroatoms. The van der Waals surface area contributed by atoms with Crippen molar-refractivity contribution >= 4 is 15.9 Å². The van der Waals surface area contributed by atoms with Gasteiger partial charge in [-0.25, -0.2) is 0 Å². The number of nitrogens with one attached hydrogen (secondary N) is 1. The minimum absolute atomic E-state index is 0.657. The molecule has 1 aliphatic rings. The van der Waals surface area contributed by atoms with Crippen molar-refractivity contribution in [1.82, 2.24) is 10.3 Å². The van der Waals surface area contributed by atoms with E-state index in [1.165, 1.54) is 24.1 Å². The number of pyridine rings is 1. The summed E-state index contributed by atoms with van der Waals surface area (Å²) in [6, 6.07) is 2.16. The molecule has 1 saturated heterocycles. The van der Waals surface area contributed by atoms with E-state index in [1.54, 1.807) is 0 Å². The van der Waals surface area contributed by atoms with Crippen LogP contribution in [0.1, 0.15) is 30.0 Å². The summed E-state index contributed by atoms with van der Waals surface area (Å²) in [6.07, 6.45) is 4.34. The maximum Gasteiger partial charge on any atom is 0.0465 e. The van der Waals surface area contributed by atoms with E-state index in [0.29, 0.717) is 5.92 Å². The number of hydrogen-bond acceptors (Lipinski definition) is 2. The predicted molar refractivity (Wildman–Crippen MR) is 61.5 cm³/mol. The lowest BCUT2D eigenvalue weighted by atomic mass is 9.92. The van der Waals surface area contributed by atoms with Crippen LogP contribution in [0, 0.1) is 6.92 Å². The Morgan fingerprint density at radius 2 is 2.14 bits per heavy atom. The van der Waals surface area contributed by atoms with Gasteiger partial charge in [0.25, 0.3) is 0 Å². The molecule has 0 atom stereocenters. The van der Waals surface area contributed by atoms with Gasteiger partial charge in [-0.15, -0.1) is 0 Å². The van der Waals surface area contributed by atoms with Gasteiger partial charge in [-0.3, -0.25) is 4.98 Å². The maximum absolute atomic E-state index is 4.53. The molecule has 1 fully saturated rings. The number of rotatable bonds is 1. The van der Waals surface area contributed by atoms with Gasteiger partial charge in [0.15, 0.2) is 0 Å². The molecule has 0 saturated carbocycles. The highest BCUT2D eigenvalue weighted by atomic mass is 79.9. The van der Waals surface area contributed by atoms with Crippen LogP contribution in [-0.2, 0) is 0 Å². The summed E-state index contributed by atoms with van der Waals surface area (Å²) >= 11 is 3.45. The van der Waals surface area contributed by atoms with E-state index in [1.807, 2.05) is 6.20 Å². The molecule has 0 unspecified atom stereocenters. The third-order valence-corrected chi connectivity index (χ3v) is 3.24. The molecule has 1 aromatic heterocycles. The molecule has 0 bridgehead atoms. The molecule has 0 aromatic carbocycles. The van der Waals surface area contributed by atoms with Gasteiger partial charge in [-0.05, 0) is 60.4 Å². The molecule has 0 amide bonds. The Bertz CT molecular complexity index is 319. The number of hydrogen-bond donors (Lipinski definition) is 1. The van der Waals surface area contributed by atoms with Crippen LogP contribution in [0.15, 0.2) is 16.7 Å². The van der Waals surface area contributed by atoms with Gasteiger partial charge in [0, 0.05) is 22.3 Å². The van der Waals surface area contributed by atoms with E-state index in [-0.39, 0.29) is 0 Å². The van der Waals surface area contributed by atoms with Gasteiger partial charge >= 0.3 is 0 Å². The fraction of sp³-hybridized carbons (Fsp3) is 0.545. The first-order valence-electron chi connectivity index (χ1n) is 5.10. The van der Waals surface area contributed by atoms with E-state index in [2.05, 4.69) is 39.2 Å². The summed E-state index contributed by atoms with van der Waals surface area (Å²) in [5.41, 5.74) is 2.60. The van der Waals surface area contributed by atoms with E-state index >= 15 is 0 Å². The van der Waals surface area contributed by atoms with Gasteiger partial charge < -0.3 is 5.32 Å². The third kappa shape index (κ3) is 2.15. The van der Waals surface area contributed by atoms with Crippen LogP contribution >= 0.6 is 15.9 Å². The van der Waals surface area contributed by atoms with Crippen molar-refractivity contribution in [3.05, 3.63) is 28.0 Å². The monoisotopic (exact) mass is 254 g/mol. The highest BCUT2D eigenvalue weighted by molar-refractivity contribution is 9.10. The number of aryl methyl sites for hydroxylation is 1. The SMILES string of the molecule is Cc1cc(Br)cnc1C1CCNCC1. The Kier molecular flexibility index (Phi) is 3.19. The second-order valence-corrected chi connectivity index (χ2v) is 4.80. The molecular formula is C11H15BrN2. The van der Waals surface area contributed by atoms with Crippen LogP contribution in [0.3, 0.4) is 0 Å². The largest absolute Gasteiger partial charge is 0.317 e. The van der Waals surface area contributed by atoms with Gasteiger partial charge in [-0.2, -0.15) is 0 Å². The Labute approximate surface area is 93.3 Å². The molecule has 2 nitrogen and oxygen atoms in total. The van der Waals surface area contributed by atoms with Crippen molar-refractivity contribution in [2.75, 3.05) is 13.1 Å². The smallest absolute Gasteiger partial charge is 0.0465 e. The fourth-order valence-corrected chi connectivity index (χ4v) is 2.52. The molecule has 0 spiro atoms. The standard InChI is InChI=1S/C11H15BrN2/c1-8-6-10(12)7-14-11(8)9-2-4-13-5-3-9/h6-7,9,13H,2-5H2,1H3. The zero-order valence-corrected chi connectivity index (χ0v) is 9.97. The Morgan fingerprint density at radius 3 is 2.79 bits per heavy atom. The Morgan fingerprint density at radius 1 is 1.43 bits per heavy atom. The molecule has 2 rings (SSSR count). The van der Waals surface area contributed by atoms with Crippen LogP contribution in [0.4, 0.5) is 0 Å². The summed E-state index contributed by atoms with van der Waals surface area (Å²) in [5, 5.41) is 3.38. The molecule has 76 valence electrons. The molecule has 0 aliphatic carbocycles. The first-order valence-corrected chi connectivity index (χ1v) is 5.89. The lowest BCUT2D eigenvalue weighted by molar-refractivity contribution is 0.452. The average Bonchev–Trinajstić information content (AvgIpc) is 2.19. The number of aromatic nitrogens is 1. The first-order chi connectivity index (χ1) is 6.77. The normalized spacial score (nSPS) is 18.4. The van der Waals surface area contributed by atoms with Gasteiger partial charge in [0.05, 0.1) is 0 Å². The maximum atomic E-state index is 4.53. The van der Waals surface area contributed by atoms with Crippen molar-refractivity contribution in [3.63, 3.8) is 0 Å². The van der Waals surface area contributed by atoms with E-state index in [0.717, 1.165) is 17.6 Å². The lowest BCUT2D eigenvalue weighted by Crippen LogP contribution is -2.27. The quantitative estimate of drug-likeness (QED) is 0.834. The first kappa shape index (κ1) is 10.1. The molecule has 1 N–H and O–H groups in total. The number of piperidine rings is 1. The predicted octanol–water partition coefficient (Wildman–Crippen LogP) is 2.62. The zero-order chi connectivity index (χ0) is 9.97. The topological polar surface area (TPSA) is 24.9 Å². The third-order valence-electron chi connectivity index (χ3n) is 2.81. The average molecular weight is 255 g/mol. The van der Waals surface area contributed by atoms with E-state index in [4.69, 9.17) is 0 Å². The van der Waals surface area contributed by atoms with Crippen molar-refractivity contribution in [1.29, 1.82) is 0 Å². The van der Waals surface area contributed by atoms with Gasteiger partial charge in [0.2, 0.25) is 0 Å². The van der Waals surface area contributed by atoms with Crippen molar-refractivity contribution < 1.29 is 0 Å². The van der Waals surface area contributed by atoms with Crippen molar-refractivity contribution in [2.45, 2.75) is 25.7 Å². The van der Waals surface area contributed by atoms with Gasteiger partial charge in [0.1, 0.15) is 0 Å². The zero-order valence-electron chi connectivity index (χ0n) is 8.39. The molecule has 0 radical (unpaired) electrons. The van der Waals surface area contributed by atoms with Gasteiger partial charge in [-0.1, -0.05) is 0 Å². The number of halogens is 1. The Balaban J connectivity index is 2.22. The molecule has 1 aliphatic heterocycles. The Hall–Kier alpha value is -0.410. The minimum atomic E-state index is 0.657. The number of nitrogens with zero attached hydrogens (tertiary/aromatic N) is 1. The van der Waals surface area contributed by atoms with Crippen LogP contribution in [-0.4, -0.2) is 18.1 Å². The second kappa shape index (κ2) is 4.41. The molecule has 2 heterocycles. The van der Waals surface area contributed by atoms with E-state index in [9.17, 15) is 0 Å². The summed E-state index contributed by atoms with van der Waals surface area (Å²) in [6.45, 7) is 4.40. The van der Waals surface area contributed by atoms with Crippen molar-refractivity contribution in [3.8, 4) is 0 Å². The van der Waals surface area contributed by atoms with Crippen LogP contribution in [0.5, 0.6) is 0 Å².